The second kappa shape index (κ2) is 6.74. The lowest BCUT2D eigenvalue weighted by Gasteiger charge is -2.07. The number of hydrogen-bond donors (Lipinski definition) is 0. The first kappa shape index (κ1) is 18.1. The van der Waals surface area contributed by atoms with Gasteiger partial charge in [0.15, 0.2) is 0 Å². The molecule has 0 aliphatic heterocycles. The highest BCUT2D eigenvalue weighted by molar-refractivity contribution is 5.80. The van der Waals surface area contributed by atoms with Crippen LogP contribution in [-0.2, 0) is 12.7 Å². The number of hydrogen-bond acceptors (Lipinski definition) is 4. The molecule has 0 aliphatic rings. The molecule has 4 rings (SSSR count). The fourth-order valence-electron chi connectivity index (χ4n) is 2.96. The van der Waals surface area contributed by atoms with Crippen molar-refractivity contribution in [1.29, 1.82) is 0 Å². The minimum atomic E-state index is -4.76. The van der Waals surface area contributed by atoms with Gasteiger partial charge in [-0.15, -0.1) is 0 Å². The Bertz CT molecular complexity index is 1150. The number of aromatic nitrogens is 4. The summed E-state index contributed by atoms with van der Waals surface area (Å²) < 4.78 is 59.1. The number of benzene rings is 2. The summed E-state index contributed by atoms with van der Waals surface area (Å²) in [6.45, 7) is 2.92. The highest BCUT2D eigenvalue weighted by atomic mass is 19.4. The van der Waals surface area contributed by atoms with Gasteiger partial charge in [0.2, 0.25) is 5.82 Å². The summed E-state index contributed by atoms with van der Waals surface area (Å²) in [5, 5.41) is 3.75. The van der Waals surface area contributed by atoms with E-state index in [9.17, 15) is 17.6 Å². The molecule has 0 unspecified atom stereocenters. The molecule has 0 saturated heterocycles. The van der Waals surface area contributed by atoms with Gasteiger partial charge in [-0.2, -0.15) is 18.2 Å². The minimum Gasteiger partial charge on any atom is -0.334 e. The van der Waals surface area contributed by atoms with Crippen LogP contribution in [0.25, 0.3) is 33.9 Å². The van der Waals surface area contributed by atoms with Crippen molar-refractivity contribution >= 4 is 11.0 Å². The van der Waals surface area contributed by atoms with Crippen LogP contribution in [0.5, 0.6) is 0 Å². The van der Waals surface area contributed by atoms with Crippen LogP contribution in [0.4, 0.5) is 17.6 Å². The zero-order valence-corrected chi connectivity index (χ0v) is 14.7. The molecule has 4 aromatic rings. The maximum atomic E-state index is 13.8. The van der Waals surface area contributed by atoms with Crippen molar-refractivity contribution in [3.05, 3.63) is 54.1 Å². The summed E-state index contributed by atoms with van der Waals surface area (Å²) in [7, 11) is 0. The van der Waals surface area contributed by atoms with Gasteiger partial charge >= 0.3 is 6.18 Å². The van der Waals surface area contributed by atoms with E-state index in [1.165, 1.54) is 0 Å². The van der Waals surface area contributed by atoms with Crippen LogP contribution < -0.4 is 0 Å². The number of fused-ring (bicyclic) bond motifs is 1. The van der Waals surface area contributed by atoms with E-state index in [1.807, 2.05) is 10.6 Å². The zero-order chi connectivity index (χ0) is 19.9. The summed E-state index contributed by atoms with van der Waals surface area (Å²) in [5.74, 6) is -1.22. The van der Waals surface area contributed by atoms with E-state index in [0.717, 1.165) is 36.1 Å². The van der Waals surface area contributed by atoms with Crippen molar-refractivity contribution < 1.29 is 22.1 Å². The second-order valence-electron chi connectivity index (χ2n) is 6.26. The van der Waals surface area contributed by atoms with Crippen molar-refractivity contribution in [2.45, 2.75) is 26.1 Å². The molecule has 0 bridgehead atoms. The summed E-state index contributed by atoms with van der Waals surface area (Å²) in [6, 6.07) is 7.97. The van der Waals surface area contributed by atoms with E-state index >= 15 is 0 Å². The number of aryl methyl sites for hydroxylation is 1. The topological polar surface area (TPSA) is 56.7 Å². The van der Waals surface area contributed by atoms with Crippen molar-refractivity contribution in [2.75, 3.05) is 0 Å². The first-order valence-corrected chi connectivity index (χ1v) is 8.53. The lowest BCUT2D eigenvalue weighted by molar-refractivity contribution is -0.139. The highest BCUT2D eigenvalue weighted by Crippen LogP contribution is 2.33. The molecule has 2 heterocycles. The van der Waals surface area contributed by atoms with Gasteiger partial charge in [0, 0.05) is 17.7 Å². The summed E-state index contributed by atoms with van der Waals surface area (Å²) in [4.78, 5) is 8.52. The van der Waals surface area contributed by atoms with Crippen molar-refractivity contribution in [1.82, 2.24) is 19.7 Å². The molecule has 5 nitrogen and oxygen atoms in total. The molecule has 0 saturated carbocycles. The highest BCUT2D eigenvalue weighted by Gasteiger charge is 2.34. The summed E-state index contributed by atoms with van der Waals surface area (Å²) in [6.07, 6.45) is -2.03. The molecule has 0 atom stereocenters. The van der Waals surface area contributed by atoms with E-state index in [-0.39, 0.29) is 17.3 Å². The van der Waals surface area contributed by atoms with Gasteiger partial charge in [-0.3, -0.25) is 0 Å². The van der Waals surface area contributed by atoms with E-state index in [0.29, 0.717) is 11.6 Å². The number of rotatable bonds is 4. The molecule has 2 aromatic heterocycles. The maximum absolute atomic E-state index is 13.8. The number of alkyl halides is 3. The third kappa shape index (κ3) is 3.23. The Balaban J connectivity index is 1.66. The Morgan fingerprint density at radius 1 is 1.07 bits per heavy atom. The van der Waals surface area contributed by atoms with E-state index in [4.69, 9.17) is 4.52 Å². The van der Waals surface area contributed by atoms with E-state index in [2.05, 4.69) is 22.0 Å². The lowest BCUT2D eigenvalue weighted by Crippen LogP contribution is -2.07. The van der Waals surface area contributed by atoms with Crippen LogP contribution in [0.1, 0.15) is 18.9 Å². The van der Waals surface area contributed by atoms with E-state index in [1.54, 1.807) is 18.5 Å². The number of halogens is 4. The Kier molecular flexibility index (Phi) is 4.37. The van der Waals surface area contributed by atoms with Crippen LogP contribution in [0.3, 0.4) is 0 Å². The Labute approximate surface area is 156 Å². The third-order valence-electron chi connectivity index (χ3n) is 4.29. The van der Waals surface area contributed by atoms with Crippen LogP contribution in [0, 0.1) is 5.82 Å². The van der Waals surface area contributed by atoms with Gasteiger partial charge in [0.25, 0.3) is 5.89 Å². The molecular formula is C19H14F4N4O. The zero-order valence-electron chi connectivity index (χ0n) is 14.7. The van der Waals surface area contributed by atoms with Gasteiger partial charge in [0.05, 0.1) is 22.9 Å². The van der Waals surface area contributed by atoms with Gasteiger partial charge in [0.1, 0.15) is 5.82 Å². The predicted octanol–water partition coefficient (Wildman–Crippen LogP) is 5.32. The summed E-state index contributed by atoms with van der Waals surface area (Å²) >= 11 is 0. The SMILES string of the molecule is CCCn1cnc2cc(-c3nc(-c4ccc(C(F)(F)F)c(F)c4)no3)ccc21. The molecule has 0 fully saturated rings. The van der Waals surface area contributed by atoms with Gasteiger partial charge in [-0.05, 0) is 36.8 Å². The molecule has 0 radical (unpaired) electrons. The van der Waals surface area contributed by atoms with Gasteiger partial charge in [-0.1, -0.05) is 18.1 Å². The van der Waals surface area contributed by atoms with Crippen LogP contribution >= 0.6 is 0 Å². The first-order valence-electron chi connectivity index (χ1n) is 8.53. The summed E-state index contributed by atoms with van der Waals surface area (Å²) in [5.41, 5.74) is 1.09. The van der Waals surface area contributed by atoms with E-state index < -0.39 is 17.6 Å². The van der Waals surface area contributed by atoms with Crippen LogP contribution in [0.15, 0.2) is 47.2 Å². The predicted molar refractivity (Wildman–Crippen MR) is 93.7 cm³/mol. The molecule has 144 valence electrons. The number of imidazole rings is 1. The molecular weight excluding hydrogens is 376 g/mol. The Hall–Kier alpha value is -3.23. The Morgan fingerprint density at radius 3 is 2.57 bits per heavy atom. The minimum absolute atomic E-state index is 0.000709. The second-order valence-corrected chi connectivity index (χ2v) is 6.26. The quantitative estimate of drug-likeness (QED) is 0.443. The Morgan fingerprint density at radius 2 is 1.86 bits per heavy atom. The van der Waals surface area contributed by atoms with Crippen LogP contribution in [-0.4, -0.2) is 19.7 Å². The smallest absolute Gasteiger partial charge is 0.334 e. The fourth-order valence-corrected chi connectivity index (χ4v) is 2.96. The molecule has 0 N–H and O–H groups in total. The fraction of sp³-hybridized carbons (Fsp3) is 0.211. The first-order chi connectivity index (χ1) is 13.4. The van der Waals surface area contributed by atoms with Crippen molar-refractivity contribution in [3.8, 4) is 22.8 Å². The van der Waals surface area contributed by atoms with Crippen LogP contribution in [0.2, 0.25) is 0 Å². The monoisotopic (exact) mass is 390 g/mol. The average Bonchev–Trinajstić information content (AvgIpc) is 3.28. The molecule has 0 aliphatic carbocycles. The standard InChI is InChI=1S/C19H14F4N4O/c1-2-7-27-10-24-15-9-12(4-6-16(15)27)18-25-17(26-28-18)11-3-5-13(14(20)8-11)19(21,22)23/h3-6,8-10H,2,7H2,1H3. The third-order valence-corrected chi connectivity index (χ3v) is 4.29. The molecule has 0 spiro atoms. The number of nitrogens with zero attached hydrogens (tertiary/aromatic N) is 4. The molecule has 0 amide bonds. The maximum Gasteiger partial charge on any atom is 0.419 e. The molecule has 28 heavy (non-hydrogen) atoms. The largest absolute Gasteiger partial charge is 0.419 e. The lowest BCUT2D eigenvalue weighted by atomic mass is 10.1. The van der Waals surface area contributed by atoms with Gasteiger partial charge in [-0.25, -0.2) is 9.37 Å². The van der Waals surface area contributed by atoms with Gasteiger partial charge < -0.3 is 9.09 Å². The average molecular weight is 390 g/mol. The van der Waals surface area contributed by atoms with Crippen molar-refractivity contribution in [2.24, 2.45) is 0 Å². The normalized spacial score (nSPS) is 12.0. The molecule has 9 heteroatoms. The molecule has 2 aromatic carbocycles. The van der Waals surface area contributed by atoms with Crippen molar-refractivity contribution in [3.63, 3.8) is 0 Å².